The van der Waals surface area contributed by atoms with Gasteiger partial charge in [-0.15, -0.1) is 0 Å². The van der Waals surface area contributed by atoms with Gasteiger partial charge in [-0.1, -0.05) is 30.3 Å². The lowest BCUT2D eigenvalue weighted by Crippen LogP contribution is -3.13. The van der Waals surface area contributed by atoms with Crippen molar-refractivity contribution >= 4 is 11.9 Å². The van der Waals surface area contributed by atoms with Gasteiger partial charge in [0.15, 0.2) is 23.0 Å². The number of aryl methyl sites for hydroxylation is 3. The summed E-state index contributed by atoms with van der Waals surface area (Å²) in [5.74, 6) is 2.56. The Morgan fingerprint density at radius 3 is 1.92 bits per heavy atom. The molecule has 3 atom stereocenters. The van der Waals surface area contributed by atoms with E-state index < -0.39 is 11.9 Å². The van der Waals surface area contributed by atoms with Crippen molar-refractivity contribution in [3.05, 3.63) is 123 Å². The number of hydrogen-bond acceptors (Lipinski definition) is 10. The lowest BCUT2D eigenvalue weighted by Gasteiger charge is -2.38. The number of benzene rings is 4. The maximum atomic E-state index is 12.7. The van der Waals surface area contributed by atoms with Crippen LogP contribution in [0.3, 0.4) is 0 Å². The predicted octanol–water partition coefficient (Wildman–Crippen LogP) is 6.64. The molecule has 2 aliphatic heterocycles. The van der Waals surface area contributed by atoms with E-state index >= 15 is 0 Å². The van der Waals surface area contributed by atoms with Crippen LogP contribution in [-0.4, -0.2) is 91.8 Å². The third-order valence-corrected chi connectivity index (χ3v) is 12.3. The van der Waals surface area contributed by atoms with Gasteiger partial charge in [-0.05, 0) is 115 Å². The molecule has 2 aliphatic rings. The molecule has 2 heterocycles. The molecule has 0 aromatic heterocycles. The van der Waals surface area contributed by atoms with Crippen LogP contribution in [0.2, 0.25) is 0 Å². The molecule has 0 amide bonds. The molecule has 0 saturated carbocycles. The van der Waals surface area contributed by atoms with Crippen molar-refractivity contribution in [1.82, 2.24) is 4.90 Å². The van der Waals surface area contributed by atoms with Crippen LogP contribution < -0.4 is 28.6 Å². The Labute approximate surface area is 361 Å². The first-order valence-corrected chi connectivity index (χ1v) is 21.3. The third-order valence-electron chi connectivity index (χ3n) is 12.3. The van der Waals surface area contributed by atoms with Crippen molar-refractivity contribution in [2.75, 3.05) is 74.9 Å². The largest absolute Gasteiger partial charge is 0.496 e. The molecular weight excluding hydrogens is 773 g/mol. The van der Waals surface area contributed by atoms with Crippen molar-refractivity contribution in [2.45, 2.75) is 71.4 Å². The molecule has 1 N–H and O–H groups in total. The number of rotatable bonds is 19. The summed E-state index contributed by atoms with van der Waals surface area (Å²) in [5, 5.41) is 0. The molecule has 11 heteroatoms. The lowest BCUT2D eigenvalue weighted by molar-refractivity contribution is -0.934. The second-order valence-electron chi connectivity index (χ2n) is 16.1. The number of nitrogens with zero attached hydrogens (tertiary/aromatic N) is 1. The van der Waals surface area contributed by atoms with Crippen molar-refractivity contribution in [2.24, 2.45) is 0 Å². The normalized spacial score (nSPS) is 17.3. The van der Waals surface area contributed by atoms with Crippen molar-refractivity contribution in [1.29, 1.82) is 0 Å². The summed E-state index contributed by atoms with van der Waals surface area (Å²) < 4.78 is 39.1. The average molecular weight is 836 g/mol. The van der Waals surface area contributed by atoms with Gasteiger partial charge in [0.25, 0.3) is 0 Å². The lowest BCUT2D eigenvalue weighted by atomic mass is 9.86. The molecule has 61 heavy (non-hydrogen) atoms. The predicted molar refractivity (Wildman–Crippen MR) is 236 cm³/mol. The Balaban J connectivity index is 0.991. The molecule has 0 saturated heterocycles. The number of methoxy groups -OCH3 is 5. The molecular formula is C50H63N2O9+. The first-order valence-electron chi connectivity index (χ1n) is 21.3. The first kappa shape index (κ1) is 45.0. The molecule has 326 valence electrons. The van der Waals surface area contributed by atoms with E-state index in [4.69, 9.17) is 33.2 Å². The van der Waals surface area contributed by atoms with Gasteiger partial charge in [-0.25, -0.2) is 9.59 Å². The summed E-state index contributed by atoms with van der Waals surface area (Å²) in [6, 6.07) is 21.7. The van der Waals surface area contributed by atoms with Crippen LogP contribution >= 0.6 is 0 Å². The van der Waals surface area contributed by atoms with E-state index in [2.05, 4.69) is 74.2 Å². The molecule has 0 bridgehead atoms. The van der Waals surface area contributed by atoms with E-state index in [1.54, 1.807) is 35.5 Å². The summed E-state index contributed by atoms with van der Waals surface area (Å²) in [5.41, 5.74) is 11.3. The maximum absolute atomic E-state index is 12.7. The highest BCUT2D eigenvalue weighted by Crippen LogP contribution is 2.37. The number of esters is 2. The molecule has 0 aliphatic carbocycles. The van der Waals surface area contributed by atoms with Gasteiger partial charge in [0.2, 0.25) is 0 Å². The molecule has 11 nitrogen and oxygen atoms in total. The molecule has 4 aromatic carbocycles. The number of nitrogens with one attached hydrogen (secondary N) is 1. The van der Waals surface area contributed by atoms with Crippen LogP contribution in [-0.2, 0) is 44.7 Å². The molecule has 0 radical (unpaired) electrons. The van der Waals surface area contributed by atoms with Crippen LogP contribution in [0.4, 0.5) is 0 Å². The fourth-order valence-electron chi connectivity index (χ4n) is 8.87. The fraction of sp³-hybridized carbons (Fsp3) is 0.440. The Hall–Kier alpha value is -5.52. The number of carbonyl (C=O) groups is 2. The summed E-state index contributed by atoms with van der Waals surface area (Å²) in [6.07, 6.45) is 7.12. The highest BCUT2D eigenvalue weighted by molar-refractivity contribution is 5.91. The minimum Gasteiger partial charge on any atom is -0.496 e. The Kier molecular flexibility index (Phi) is 15.7. The monoisotopic (exact) mass is 835 g/mol. The van der Waals surface area contributed by atoms with E-state index in [9.17, 15) is 9.59 Å². The van der Waals surface area contributed by atoms with Gasteiger partial charge in [0, 0.05) is 56.1 Å². The summed E-state index contributed by atoms with van der Waals surface area (Å²) in [4.78, 5) is 29.2. The zero-order chi connectivity index (χ0) is 43.5. The van der Waals surface area contributed by atoms with Gasteiger partial charge in [-0.2, -0.15) is 0 Å². The minimum atomic E-state index is -0.567. The average Bonchev–Trinajstić information content (AvgIpc) is 3.27. The number of carbonyl (C=O) groups excluding carboxylic acids is 2. The minimum absolute atomic E-state index is 0.120. The van der Waals surface area contributed by atoms with Gasteiger partial charge >= 0.3 is 11.9 Å². The molecule has 0 fully saturated rings. The Bertz CT molecular complexity index is 2180. The second-order valence-corrected chi connectivity index (χ2v) is 16.1. The standard InChI is InChI=1S/C50H62N2O9/c1-33-11-12-36(29-45(33)56-5)27-42-40-26-35(3)34(2)25-38(40)17-21-51(42)19-9-23-60-49(53)15-16-50(54)61-24-10-20-52-22-18-39-31-47(58-7)48(59-8)32-41(39)43(52)28-37-13-14-44(55-4)46(30-37)57-6/h11-16,25-26,29-32,42-43H,9-10,17-24,27-28H2,1-8H3/p+1/b16-15+/t42-,43-/m1/s1. The summed E-state index contributed by atoms with van der Waals surface area (Å²) >= 11 is 0. The van der Waals surface area contributed by atoms with Gasteiger partial charge in [0.05, 0.1) is 61.9 Å². The third kappa shape index (κ3) is 11.3. The van der Waals surface area contributed by atoms with Crippen LogP contribution in [0.1, 0.15) is 75.0 Å². The zero-order valence-electron chi connectivity index (χ0n) is 37.2. The van der Waals surface area contributed by atoms with E-state index in [-0.39, 0.29) is 25.3 Å². The quantitative estimate of drug-likeness (QED) is 0.0628. The number of quaternary nitrogens is 1. The summed E-state index contributed by atoms with van der Waals surface area (Å²) in [6.45, 7) is 10.3. The topological polar surface area (TPSA) is 106 Å². The number of hydrogen-bond donors (Lipinski definition) is 1. The molecule has 4 aromatic rings. The van der Waals surface area contributed by atoms with Crippen LogP contribution in [0.5, 0.6) is 28.7 Å². The van der Waals surface area contributed by atoms with Crippen molar-refractivity contribution < 1.29 is 47.6 Å². The molecule has 6 rings (SSSR count). The highest BCUT2D eigenvalue weighted by atomic mass is 16.5. The van der Waals surface area contributed by atoms with Crippen molar-refractivity contribution in [3.63, 3.8) is 0 Å². The first-order chi connectivity index (χ1) is 29.5. The van der Waals surface area contributed by atoms with Crippen LogP contribution in [0.25, 0.3) is 0 Å². The van der Waals surface area contributed by atoms with E-state index in [1.807, 2.05) is 12.1 Å². The van der Waals surface area contributed by atoms with E-state index in [0.29, 0.717) is 30.1 Å². The summed E-state index contributed by atoms with van der Waals surface area (Å²) in [7, 11) is 8.30. The molecule has 0 spiro atoms. The van der Waals surface area contributed by atoms with E-state index in [1.165, 1.54) is 43.8 Å². The Morgan fingerprint density at radius 2 is 1.21 bits per heavy atom. The van der Waals surface area contributed by atoms with Gasteiger partial charge in [0.1, 0.15) is 11.8 Å². The smallest absolute Gasteiger partial charge is 0.331 e. The zero-order valence-corrected chi connectivity index (χ0v) is 37.2. The maximum Gasteiger partial charge on any atom is 0.331 e. The van der Waals surface area contributed by atoms with Gasteiger partial charge < -0.3 is 38.1 Å². The van der Waals surface area contributed by atoms with Gasteiger partial charge in [-0.3, -0.25) is 4.90 Å². The fourth-order valence-corrected chi connectivity index (χ4v) is 8.87. The van der Waals surface area contributed by atoms with Crippen LogP contribution in [0, 0.1) is 20.8 Å². The number of ether oxygens (including phenoxy) is 7. The second kappa shape index (κ2) is 21.3. The Morgan fingerprint density at radius 1 is 0.623 bits per heavy atom. The van der Waals surface area contributed by atoms with Crippen LogP contribution in [0.15, 0.2) is 72.8 Å². The van der Waals surface area contributed by atoms with E-state index in [0.717, 1.165) is 86.6 Å². The number of fused-ring (bicyclic) bond motifs is 2. The molecule has 1 unspecified atom stereocenters. The van der Waals surface area contributed by atoms with Crippen molar-refractivity contribution in [3.8, 4) is 28.7 Å². The highest BCUT2D eigenvalue weighted by Gasteiger charge is 2.33. The SMILES string of the molecule is COc1cc(C[C@@H]2c3cc(C)c(C)cc3CCN2CCCOC(=O)/C=C/C(=O)OCCC[NH+]2CCc3cc(OC)c(OC)cc3[C@H]2Cc2ccc(OC)c(OC)c2)ccc1C.